The van der Waals surface area contributed by atoms with Crippen LogP contribution >= 0.6 is 0 Å². The van der Waals surface area contributed by atoms with E-state index >= 15 is 0 Å². The first kappa shape index (κ1) is 31.1. The number of hydrogen-bond acceptors (Lipinski definition) is 4. The Kier molecular flexibility index (Phi) is 11.1. The van der Waals surface area contributed by atoms with Gasteiger partial charge in [0.15, 0.2) is 0 Å². The summed E-state index contributed by atoms with van der Waals surface area (Å²) in [6.07, 6.45) is 7.71. The first-order valence-corrected chi connectivity index (χ1v) is 14.8. The van der Waals surface area contributed by atoms with Gasteiger partial charge >= 0.3 is 0 Å². The maximum absolute atomic E-state index is 10.9. The van der Waals surface area contributed by atoms with Gasteiger partial charge < -0.3 is 10.2 Å². The Hall–Kier alpha value is -3.40. The van der Waals surface area contributed by atoms with Gasteiger partial charge in [-0.1, -0.05) is 67.5 Å². The summed E-state index contributed by atoms with van der Waals surface area (Å²) < 4.78 is 0. The quantitative estimate of drug-likeness (QED) is 0.224. The van der Waals surface area contributed by atoms with Gasteiger partial charge in [0.1, 0.15) is 11.5 Å². The van der Waals surface area contributed by atoms with Gasteiger partial charge in [-0.3, -0.25) is 9.98 Å². The summed E-state index contributed by atoms with van der Waals surface area (Å²) >= 11 is 0. The van der Waals surface area contributed by atoms with Crippen LogP contribution in [0, 0.1) is 11.8 Å². The van der Waals surface area contributed by atoms with Crippen LogP contribution in [0.25, 0.3) is 0 Å². The molecule has 3 aromatic rings. The molecule has 2 N–H and O–H groups in total. The van der Waals surface area contributed by atoms with Crippen molar-refractivity contribution in [1.82, 2.24) is 0 Å². The molecule has 3 rings (SSSR count). The monoisotopic (exact) mass is 540 g/mol. The van der Waals surface area contributed by atoms with Crippen LogP contribution in [0.5, 0.6) is 11.5 Å². The number of aliphatic imine (C=N–C) groups is 2. The Bertz CT molecular complexity index is 1210. The van der Waals surface area contributed by atoms with E-state index < -0.39 is 0 Å². The van der Waals surface area contributed by atoms with Gasteiger partial charge in [0.25, 0.3) is 0 Å². The summed E-state index contributed by atoms with van der Waals surface area (Å²) in [5, 5.41) is 21.8. The van der Waals surface area contributed by atoms with E-state index in [1.165, 1.54) is 11.1 Å². The molecule has 0 bridgehead atoms. The van der Waals surface area contributed by atoms with Gasteiger partial charge in [-0.2, -0.15) is 0 Å². The molecule has 0 spiro atoms. The fourth-order valence-electron chi connectivity index (χ4n) is 4.68. The Morgan fingerprint density at radius 3 is 1.23 bits per heavy atom. The van der Waals surface area contributed by atoms with Crippen molar-refractivity contribution in [3.63, 3.8) is 0 Å². The Morgan fingerprint density at radius 2 is 0.925 bits per heavy atom. The third-order valence-electron chi connectivity index (χ3n) is 7.28. The molecule has 4 nitrogen and oxygen atoms in total. The van der Waals surface area contributed by atoms with Crippen molar-refractivity contribution in [1.29, 1.82) is 0 Å². The molecule has 0 atom stereocenters. The fourth-order valence-corrected chi connectivity index (χ4v) is 4.68. The van der Waals surface area contributed by atoms with E-state index in [1.807, 2.05) is 24.3 Å². The number of phenolic OH excluding ortho intramolecular Hbond substituents is 2. The molecule has 0 radical (unpaired) electrons. The minimum absolute atomic E-state index is 0.232. The van der Waals surface area contributed by atoms with Gasteiger partial charge in [-0.25, -0.2) is 0 Å². The highest BCUT2D eigenvalue weighted by Crippen LogP contribution is 2.32. The minimum Gasteiger partial charge on any atom is -0.507 e. The summed E-state index contributed by atoms with van der Waals surface area (Å²) in [6.45, 7) is 17.3. The molecule has 0 aliphatic heterocycles. The molecule has 4 heteroatoms. The molecule has 214 valence electrons. The first-order valence-electron chi connectivity index (χ1n) is 14.8. The zero-order valence-corrected chi connectivity index (χ0v) is 25.7. The fraction of sp³-hybridized carbons (Fsp3) is 0.444. The lowest BCUT2D eigenvalue weighted by Gasteiger charge is -2.14. The minimum atomic E-state index is 0.232. The van der Waals surface area contributed by atoms with Gasteiger partial charge in [-0.15, -0.1) is 0 Å². The molecular formula is C36H48N2O2. The summed E-state index contributed by atoms with van der Waals surface area (Å²) in [5.74, 6) is 2.34. The van der Waals surface area contributed by atoms with Crippen LogP contribution in [0.15, 0.2) is 58.5 Å². The average molecular weight is 541 g/mol. The molecule has 40 heavy (non-hydrogen) atoms. The molecule has 0 saturated heterocycles. The van der Waals surface area contributed by atoms with Crippen molar-refractivity contribution in [2.45, 2.75) is 92.9 Å². The van der Waals surface area contributed by atoms with Crippen molar-refractivity contribution in [2.75, 3.05) is 0 Å². The van der Waals surface area contributed by atoms with E-state index in [1.54, 1.807) is 12.4 Å². The highest BCUT2D eigenvalue weighted by atomic mass is 16.3. The largest absolute Gasteiger partial charge is 0.507 e. The lowest BCUT2D eigenvalue weighted by Crippen LogP contribution is -1.99. The molecule has 0 saturated carbocycles. The van der Waals surface area contributed by atoms with Crippen LogP contribution in [0.3, 0.4) is 0 Å². The van der Waals surface area contributed by atoms with E-state index in [0.717, 1.165) is 59.3 Å². The van der Waals surface area contributed by atoms with Crippen LogP contribution in [-0.4, -0.2) is 22.6 Å². The summed E-state index contributed by atoms with van der Waals surface area (Å²) in [5.41, 5.74) is 7.48. The van der Waals surface area contributed by atoms with E-state index in [2.05, 4.69) is 89.6 Å². The first-order chi connectivity index (χ1) is 18.9. The number of benzene rings is 3. The number of nitrogens with zero attached hydrogens (tertiary/aromatic N) is 2. The molecule has 0 heterocycles. The van der Waals surface area contributed by atoms with Gasteiger partial charge in [0.2, 0.25) is 0 Å². The maximum Gasteiger partial charge on any atom is 0.127 e. The zero-order chi connectivity index (χ0) is 29.4. The summed E-state index contributed by atoms with van der Waals surface area (Å²) in [4.78, 5) is 9.30. The molecule has 3 aromatic carbocycles. The third kappa shape index (κ3) is 8.81. The third-order valence-corrected chi connectivity index (χ3v) is 7.28. The van der Waals surface area contributed by atoms with Crippen molar-refractivity contribution in [2.24, 2.45) is 21.8 Å². The van der Waals surface area contributed by atoms with Crippen LogP contribution in [0.1, 0.15) is 113 Å². The Labute approximate surface area is 241 Å². The molecule has 0 aliphatic carbocycles. The Balaban J connectivity index is 1.81. The SMILES string of the molecule is CC(C)CCc1cc(C=Nc2ccc(N=Cc3cc(CCC(C)C)cc(C(C)C)c3O)cc2)c(O)c(C(C)C)c1. The zero-order valence-electron chi connectivity index (χ0n) is 25.7. The van der Waals surface area contributed by atoms with E-state index in [9.17, 15) is 10.2 Å². The molecule has 0 unspecified atom stereocenters. The molecule has 0 amide bonds. The second-order valence-corrected chi connectivity index (χ2v) is 12.5. The standard InChI is InChI=1S/C36H48N2O2/c1-23(2)9-11-27-17-29(35(39)33(19-27)25(5)6)21-37-31-13-15-32(16-14-31)38-22-30-18-28(12-10-24(3)4)20-34(26(7)8)36(30)40/h13-26,39-40H,9-12H2,1-8H3. The van der Waals surface area contributed by atoms with E-state index in [-0.39, 0.29) is 11.8 Å². The molecular weight excluding hydrogens is 492 g/mol. The molecule has 0 fully saturated rings. The lowest BCUT2D eigenvalue weighted by molar-refractivity contribution is 0.463. The van der Waals surface area contributed by atoms with Gasteiger partial charge in [-0.05, 0) is 108 Å². The number of aryl methyl sites for hydroxylation is 2. The molecule has 0 aliphatic rings. The normalized spacial score (nSPS) is 12.3. The van der Waals surface area contributed by atoms with Crippen molar-refractivity contribution in [3.8, 4) is 11.5 Å². The van der Waals surface area contributed by atoms with E-state index in [0.29, 0.717) is 23.3 Å². The van der Waals surface area contributed by atoms with Crippen molar-refractivity contribution < 1.29 is 10.2 Å². The Morgan fingerprint density at radius 1 is 0.575 bits per heavy atom. The topological polar surface area (TPSA) is 65.2 Å². The number of phenols is 2. The molecule has 0 aromatic heterocycles. The van der Waals surface area contributed by atoms with Gasteiger partial charge in [0.05, 0.1) is 11.4 Å². The van der Waals surface area contributed by atoms with Crippen LogP contribution in [-0.2, 0) is 12.8 Å². The van der Waals surface area contributed by atoms with Crippen LogP contribution in [0.4, 0.5) is 11.4 Å². The highest BCUT2D eigenvalue weighted by molar-refractivity contribution is 5.87. The predicted octanol–water partition coefficient (Wildman–Crippen LogP) is 10.0. The predicted molar refractivity (Wildman–Crippen MR) is 172 cm³/mol. The summed E-state index contributed by atoms with van der Waals surface area (Å²) in [7, 11) is 0. The summed E-state index contributed by atoms with van der Waals surface area (Å²) in [6, 6.07) is 16.1. The maximum atomic E-state index is 10.9. The number of rotatable bonds is 12. The van der Waals surface area contributed by atoms with Crippen molar-refractivity contribution in [3.05, 3.63) is 81.9 Å². The highest BCUT2D eigenvalue weighted by Gasteiger charge is 2.14. The van der Waals surface area contributed by atoms with Crippen molar-refractivity contribution >= 4 is 23.8 Å². The smallest absolute Gasteiger partial charge is 0.127 e. The number of hydrogen-bond donors (Lipinski definition) is 2. The van der Waals surface area contributed by atoms with Gasteiger partial charge in [0, 0.05) is 23.6 Å². The van der Waals surface area contributed by atoms with Crippen LogP contribution in [0.2, 0.25) is 0 Å². The second kappa shape index (κ2) is 14.3. The number of aromatic hydroxyl groups is 2. The van der Waals surface area contributed by atoms with E-state index in [4.69, 9.17) is 0 Å². The second-order valence-electron chi connectivity index (χ2n) is 12.5. The average Bonchev–Trinajstić information content (AvgIpc) is 2.90. The van der Waals surface area contributed by atoms with Crippen LogP contribution < -0.4 is 0 Å². The lowest BCUT2D eigenvalue weighted by atomic mass is 9.93.